The number of nitrogens with zero attached hydrogens (tertiary/aromatic N) is 2. The van der Waals surface area contributed by atoms with Gasteiger partial charge in [0.05, 0.1) is 28.4 Å². The first-order valence-corrected chi connectivity index (χ1v) is 16.8. The van der Waals surface area contributed by atoms with Gasteiger partial charge in [-0.25, -0.2) is 0 Å². The Bertz CT molecular complexity index is 1510. The van der Waals surface area contributed by atoms with Gasteiger partial charge in [-0.3, -0.25) is 0 Å². The largest absolute Gasteiger partial charge is 0.493 e. The predicted octanol–water partition coefficient (Wildman–Crippen LogP) is 8.91. The first-order valence-electron chi connectivity index (χ1n) is 16.8. The molecule has 2 aromatic rings. The molecule has 46 heavy (non-hydrogen) atoms. The molecule has 2 aromatic carbocycles. The predicted molar refractivity (Wildman–Crippen MR) is 190 cm³/mol. The molecule has 2 heterocycles. The van der Waals surface area contributed by atoms with Gasteiger partial charge in [-0.2, -0.15) is 0 Å². The monoisotopic (exact) mass is 624 g/mol. The summed E-state index contributed by atoms with van der Waals surface area (Å²) in [5.41, 5.74) is 7.65. The van der Waals surface area contributed by atoms with Crippen molar-refractivity contribution in [2.45, 2.75) is 58.3 Å². The van der Waals surface area contributed by atoms with Crippen LogP contribution in [0.15, 0.2) is 83.7 Å². The van der Waals surface area contributed by atoms with E-state index in [-0.39, 0.29) is 0 Å². The lowest BCUT2D eigenvalue weighted by molar-refractivity contribution is 0.208. The molecule has 0 aromatic heterocycles. The average molecular weight is 625 g/mol. The third kappa shape index (κ3) is 7.66. The smallest absolute Gasteiger partial charge is 0.168 e. The number of allylic oxidation sites excluding steroid dienone is 8. The molecule has 1 saturated heterocycles. The van der Waals surface area contributed by atoms with Crippen LogP contribution in [-0.4, -0.2) is 64.9 Å². The fourth-order valence-electron chi connectivity index (χ4n) is 7.24. The molecule has 0 unspecified atom stereocenters. The highest BCUT2D eigenvalue weighted by Crippen LogP contribution is 2.39. The molecule has 6 heteroatoms. The first kappa shape index (κ1) is 33.3. The van der Waals surface area contributed by atoms with Crippen molar-refractivity contribution in [1.82, 2.24) is 9.80 Å². The first-order chi connectivity index (χ1) is 22.5. The fourth-order valence-corrected chi connectivity index (χ4v) is 7.24. The Morgan fingerprint density at radius 2 is 1.43 bits per heavy atom. The minimum Gasteiger partial charge on any atom is -0.493 e. The van der Waals surface area contributed by atoms with E-state index >= 15 is 0 Å². The Morgan fingerprint density at radius 1 is 0.783 bits per heavy atom. The second-order valence-corrected chi connectivity index (χ2v) is 12.7. The molecule has 0 atom stereocenters. The number of benzene rings is 2. The van der Waals surface area contributed by atoms with Gasteiger partial charge in [-0.05, 0) is 99.1 Å². The number of rotatable bonds is 10. The number of hydrogen-bond donors (Lipinski definition) is 0. The van der Waals surface area contributed by atoms with Gasteiger partial charge >= 0.3 is 0 Å². The van der Waals surface area contributed by atoms with Crippen molar-refractivity contribution in [1.29, 1.82) is 0 Å². The van der Waals surface area contributed by atoms with Gasteiger partial charge in [-0.1, -0.05) is 54.1 Å². The van der Waals surface area contributed by atoms with E-state index in [1.165, 1.54) is 60.2 Å². The minimum atomic E-state index is 0.768. The average Bonchev–Trinajstić information content (AvgIpc) is 3.06. The van der Waals surface area contributed by atoms with Crippen LogP contribution in [0.3, 0.4) is 0 Å². The minimum absolute atomic E-state index is 0.768. The van der Waals surface area contributed by atoms with Crippen LogP contribution < -0.4 is 18.9 Å². The molecule has 1 fully saturated rings. The molecule has 6 nitrogen and oxygen atoms in total. The molecule has 0 saturated carbocycles. The Kier molecular flexibility index (Phi) is 11.6. The van der Waals surface area contributed by atoms with E-state index in [1.807, 2.05) is 24.3 Å². The van der Waals surface area contributed by atoms with Crippen molar-refractivity contribution < 1.29 is 18.9 Å². The van der Waals surface area contributed by atoms with Gasteiger partial charge in [0.1, 0.15) is 5.82 Å². The molecule has 5 rings (SSSR count). The van der Waals surface area contributed by atoms with E-state index in [4.69, 9.17) is 18.9 Å². The molecule has 1 aliphatic carbocycles. The van der Waals surface area contributed by atoms with Gasteiger partial charge in [0.15, 0.2) is 23.0 Å². The molecule has 2 aliphatic heterocycles. The number of ether oxygens (including phenoxy) is 4. The molecule has 0 spiro atoms. The van der Waals surface area contributed by atoms with E-state index < -0.39 is 0 Å². The van der Waals surface area contributed by atoms with Crippen molar-refractivity contribution >= 4 is 11.1 Å². The summed E-state index contributed by atoms with van der Waals surface area (Å²) in [6.07, 6.45) is 21.1. The van der Waals surface area contributed by atoms with Crippen molar-refractivity contribution in [2.24, 2.45) is 5.92 Å². The highest BCUT2D eigenvalue weighted by Gasteiger charge is 2.23. The van der Waals surface area contributed by atoms with Crippen LogP contribution in [0.1, 0.15) is 69.4 Å². The van der Waals surface area contributed by atoms with Gasteiger partial charge < -0.3 is 28.7 Å². The van der Waals surface area contributed by atoms with Gasteiger partial charge in [0.25, 0.3) is 0 Å². The van der Waals surface area contributed by atoms with Crippen LogP contribution in [-0.2, 0) is 0 Å². The summed E-state index contributed by atoms with van der Waals surface area (Å²) in [6, 6.07) is 12.2. The summed E-state index contributed by atoms with van der Waals surface area (Å²) in [6.45, 7) is 5.38. The number of hydrogen-bond acceptors (Lipinski definition) is 6. The van der Waals surface area contributed by atoms with Crippen molar-refractivity contribution in [2.75, 3.05) is 55.1 Å². The SMILES string of the molecule is COc1cccc(C2=CCCC(C)=C(CCC3CCCN(C4=CC=C(c5cccc(OC)c5OC)CN4C)CCC3)C=C2)c1OC. The van der Waals surface area contributed by atoms with Gasteiger partial charge in [-0.15, -0.1) is 0 Å². The van der Waals surface area contributed by atoms with Gasteiger partial charge in [0.2, 0.25) is 0 Å². The van der Waals surface area contributed by atoms with Crippen molar-refractivity contribution in [3.63, 3.8) is 0 Å². The third-order valence-corrected chi connectivity index (χ3v) is 9.82. The van der Waals surface area contributed by atoms with Crippen molar-refractivity contribution in [3.8, 4) is 23.0 Å². The van der Waals surface area contributed by atoms with Gasteiger partial charge in [0, 0.05) is 37.8 Å². The number of likely N-dealkylation sites (N-methyl/N-ethyl adjacent to an activating group) is 1. The third-order valence-electron chi connectivity index (χ3n) is 9.82. The zero-order valence-corrected chi connectivity index (χ0v) is 28.7. The standard InChI is InChI=1S/C40H52N2O4/c1-29-12-7-15-32(34-16-8-18-36(43-3)39(34)45-5)23-22-31(29)21-20-30-13-10-26-42(27-11-14-30)38-25-24-33(28-41(38)2)35-17-9-19-37(44-4)40(35)46-6/h8-9,15-19,22-25,30H,7,10-14,20-21,26-28H2,1-6H3. The van der Waals surface area contributed by atoms with Crippen LogP contribution in [0.25, 0.3) is 11.1 Å². The summed E-state index contributed by atoms with van der Waals surface area (Å²) in [7, 11) is 9.02. The fraction of sp³-hybridized carbons (Fsp3) is 0.450. The summed E-state index contributed by atoms with van der Waals surface area (Å²) in [5, 5.41) is 0. The number of likely N-dealkylation sites (tertiary alicyclic amines) is 1. The number of methoxy groups -OCH3 is 4. The molecule has 3 aliphatic rings. The zero-order valence-electron chi connectivity index (χ0n) is 28.7. The maximum Gasteiger partial charge on any atom is 0.168 e. The van der Waals surface area contributed by atoms with Crippen molar-refractivity contribution in [3.05, 3.63) is 94.9 Å². The van der Waals surface area contributed by atoms with E-state index in [1.54, 1.807) is 28.4 Å². The van der Waals surface area contributed by atoms with Crippen LogP contribution >= 0.6 is 0 Å². The van der Waals surface area contributed by atoms with E-state index in [9.17, 15) is 0 Å². The maximum atomic E-state index is 5.75. The van der Waals surface area contributed by atoms with E-state index in [2.05, 4.69) is 66.3 Å². The summed E-state index contributed by atoms with van der Waals surface area (Å²) >= 11 is 0. The maximum absolute atomic E-state index is 5.75. The summed E-state index contributed by atoms with van der Waals surface area (Å²) in [4.78, 5) is 4.98. The molecule has 246 valence electrons. The molecule has 0 bridgehead atoms. The van der Waals surface area contributed by atoms with E-state index in [0.717, 1.165) is 78.9 Å². The highest BCUT2D eigenvalue weighted by atomic mass is 16.5. The highest BCUT2D eigenvalue weighted by molar-refractivity contribution is 5.80. The van der Waals surface area contributed by atoms with Crippen LogP contribution in [0.5, 0.6) is 23.0 Å². The second-order valence-electron chi connectivity index (χ2n) is 12.7. The zero-order chi connectivity index (χ0) is 32.5. The molecule has 0 amide bonds. The topological polar surface area (TPSA) is 43.4 Å². The Labute approximate surface area is 276 Å². The molecule has 0 N–H and O–H groups in total. The van der Waals surface area contributed by atoms with E-state index in [0.29, 0.717) is 0 Å². The quantitative estimate of drug-likeness (QED) is 0.263. The summed E-state index contributed by atoms with van der Waals surface area (Å²) < 4.78 is 22.6. The lowest BCUT2D eigenvalue weighted by Gasteiger charge is -2.38. The lowest BCUT2D eigenvalue weighted by Crippen LogP contribution is -2.37. The molecular formula is C40H52N2O4. The molecular weight excluding hydrogens is 572 g/mol. The Morgan fingerprint density at radius 3 is 2.07 bits per heavy atom. The Hall–Kier alpha value is -4.06. The van der Waals surface area contributed by atoms with Crippen LogP contribution in [0, 0.1) is 5.92 Å². The Balaban J connectivity index is 1.18. The van der Waals surface area contributed by atoms with Crippen LogP contribution in [0.2, 0.25) is 0 Å². The lowest BCUT2D eigenvalue weighted by atomic mass is 9.87. The second kappa shape index (κ2) is 16.0. The summed E-state index contributed by atoms with van der Waals surface area (Å²) in [5.74, 6) is 5.24. The normalized spacial score (nSPS) is 18.1. The number of para-hydroxylation sites is 2. The van der Waals surface area contributed by atoms with Crippen LogP contribution in [0.4, 0.5) is 0 Å². The molecule has 0 radical (unpaired) electrons.